The third-order valence-corrected chi connectivity index (χ3v) is 4.44. The van der Waals surface area contributed by atoms with Crippen LogP contribution in [0.4, 0.5) is 0 Å². The number of methoxy groups -OCH3 is 1. The van der Waals surface area contributed by atoms with E-state index in [1.807, 2.05) is 0 Å². The Bertz CT molecular complexity index is 1300. The summed E-state index contributed by atoms with van der Waals surface area (Å²) in [5.41, 5.74) is 0.434. The van der Waals surface area contributed by atoms with Crippen LogP contribution < -0.4 is 11.1 Å². The van der Waals surface area contributed by atoms with Crippen LogP contribution in [0.5, 0.6) is 0 Å². The first-order valence-electron chi connectivity index (χ1n) is 7.72. The van der Waals surface area contributed by atoms with E-state index < -0.39 is 5.97 Å². The van der Waals surface area contributed by atoms with Crippen molar-refractivity contribution in [2.45, 2.75) is 6.92 Å². The first kappa shape index (κ1) is 15.1. The van der Waals surface area contributed by atoms with Crippen molar-refractivity contribution in [3.8, 4) is 0 Å². The van der Waals surface area contributed by atoms with E-state index in [0.29, 0.717) is 27.4 Å². The van der Waals surface area contributed by atoms with Gasteiger partial charge in [0.25, 0.3) is 11.1 Å². The summed E-state index contributed by atoms with van der Waals surface area (Å²) in [5, 5.41) is 1.21. The summed E-state index contributed by atoms with van der Waals surface area (Å²) >= 11 is 0. The molecule has 0 saturated carbocycles. The fraction of sp³-hybridized carbons (Fsp3) is 0.105. The first-order valence-corrected chi connectivity index (χ1v) is 7.72. The summed E-state index contributed by atoms with van der Waals surface area (Å²) in [7, 11) is 1.29. The zero-order valence-corrected chi connectivity index (χ0v) is 13.6. The first-order chi connectivity index (χ1) is 12.1. The van der Waals surface area contributed by atoms with E-state index in [4.69, 9.17) is 4.74 Å². The monoisotopic (exact) mass is 334 g/mol. The number of fused-ring (bicyclic) bond motifs is 4. The maximum Gasteiger partial charge on any atom is 0.340 e. The van der Waals surface area contributed by atoms with Gasteiger partial charge < -0.3 is 4.74 Å². The van der Waals surface area contributed by atoms with E-state index in [1.165, 1.54) is 16.1 Å². The van der Waals surface area contributed by atoms with Crippen LogP contribution in [0.3, 0.4) is 0 Å². The molecule has 0 atom stereocenters. The van der Waals surface area contributed by atoms with Gasteiger partial charge in [-0.05, 0) is 25.1 Å². The van der Waals surface area contributed by atoms with E-state index >= 15 is 0 Å². The van der Waals surface area contributed by atoms with E-state index in [1.54, 1.807) is 55.5 Å². The summed E-state index contributed by atoms with van der Waals surface area (Å²) in [5.74, 6) is -0.552. The average Bonchev–Trinajstić information content (AvgIpc) is 2.65. The third-order valence-electron chi connectivity index (χ3n) is 4.44. The highest BCUT2D eigenvalue weighted by molar-refractivity contribution is 6.04. The van der Waals surface area contributed by atoms with Crippen molar-refractivity contribution < 1.29 is 9.53 Å². The molecule has 2 aromatic heterocycles. The molecule has 0 aliphatic carbocycles. The number of carbonyl (C=O) groups excluding carboxylic acids is 1. The Morgan fingerprint density at radius 1 is 0.840 bits per heavy atom. The number of para-hydroxylation sites is 1. The molecule has 0 fully saturated rings. The lowest BCUT2D eigenvalue weighted by atomic mass is 10.1. The van der Waals surface area contributed by atoms with Crippen molar-refractivity contribution >= 4 is 27.6 Å². The number of aromatic nitrogens is 2. The van der Waals surface area contributed by atoms with Crippen LogP contribution in [0.15, 0.2) is 58.1 Å². The molecule has 4 aromatic rings. The molecule has 2 aromatic carbocycles. The highest BCUT2D eigenvalue weighted by atomic mass is 16.5. The fourth-order valence-corrected chi connectivity index (χ4v) is 3.32. The molecule has 0 amide bonds. The van der Waals surface area contributed by atoms with Crippen molar-refractivity contribution in [1.29, 1.82) is 0 Å². The summed E-state index contributed by atoms with van der Waals surface area (Å²) in [4.78, 5) is 38.4. The molecule has 6 heteroatoms. The Morgan fingerprint density at radius 3 is 1.96 bits per heavy atom. The lowest BCUT2D eigenvalue weighted by Gasteiger charge is -2.16. The van der Waals surface area contributed by atoms with Crippen molar-refractivity contribution in [2.75, 3.05) is 7.11 Å². The molecule has 0 bridgehead atoms. The van der Waals surface area contributed by atoms with E-state index in [-0.39, 0.29) is 16.7 Å². The van der Waals surface area contributed by atoms with Gasteiger partial charge in [0.15, 0.2) is 0 Å². The lowest BCUT2D eigenvalue weighted by molar-refractivity contribution is 0.0601. The second-order valence-corrected chi connectivity index (χ2v) is 5.75. The minimum atomic E-state index is -0.552. The van der Waals surface area contributed by atoms with E-state index in [0.717, 1.165) is 0 Å². The number of hydrogen-bond acceptors (Lipinski definition) is 4. The van der Waals surface area contributed by atoms with Crippen LogP contribution in [0.2, 0.25) is 0 Å². The number of nitrogens with zero attached hydrogens (tertiary/aromatic N) is 2. The minimum Gasteiger partial charge on any atom is -0.465 e. The molecule has 0 spiro atoms. The average molecular weight is 334 g/mol. The Morgan fingerprint density at radius 2 is 1.36 bits per heavy atom. The van der Waals surface area contributed by atoms with Gasteiger partial charge in [0, 0.05) is 5.39 Å². The number of ether oxygens (including phenoxy) is 1. The number of hydrogen-bond donors (Lipinski definition) is 0. The molecule has 6 nitrogen and oxygen atoms in total. The standard InChI is InChI=1S/C19H14N2O4/c1-11-16(19(24)25-2)14-9-5-6-10-15(14)21-18(23)13-8-4-3-7-12(13)17(22)20(11)21/h3-10H,1-2H3. The SMILES string of the molecule is COC(=O)c1c(C)n2c(=O)c3ccccc3c(=O)n2c2ccccc12. The maximum absolute atomic E-state index is 13.0. The van der Waals surface area contributed by atoms with Gasteiger partial charge in [0.1, 0.15) is 0 Å². The van der Waals surface area contributed by atoms with Crippen LogP contribution in [-0.4, -0.2) is 22.1 Å². The smallest absolute Gasteiger partial charge is 0.340 e. The number of rotatable bonds is 1. The Labute approximate surface area is 141 Å². The number of carbonyl (C=O) groups is 1. The molecule has 4 rings (SSSR count). The molecule has 0 unspecified atom stereocenters. The van der Waals surface area contributed by atoms with Crippen molar-refractivity contribution in [1.82, 2.24) is 9.03 Å². The molecular weight excluding hydrogens is 320 g/mol. The summed E-state index contributed by atoms with van der Waals surface area (Å²) in [6, 6.07) is 13.6. The van der Waals surface area contributed by atoms with Gasteiger partial charge in [-0.3, -0.25) is 9.59 Å². The van der Waals surface area contributed by atoms with E-state index in [9.17, 15) is 14.4 Å². The summed E-state index contributed by atoms with van der Waals surface area (Å²) in [6.07, 6.45) is 0. The van der Waals surface area contributed by atoms with Crippen LogP contribution in [0.1, 0.15) is 16.1 Å². The van der Waals surface area contributed by atoms with Gasteiger partial charge in [-0.2, -0.15) is 0 Å². The Hall–Kier alpha value is -3.41. The van der Waals surface area contributed by atoms with Crippen LogP contribution >= 0.6 is 0 Å². The molecule has 25 heavy (non-hydrogen) atoms. The van der Waals surface area contributed by atoms with Gasteiger partial charge in [-0.1, -0.05) is 30.3 Å². The van der Waals surface area contributed by atoms with Gasteiger partial charge in [-0.15, -0.1) is 0 Å². The van der Waals surface area contributed by atoms with Crippen LogP contribution in [0, 0.1) is 6.92 Å². The molecule has 0 N–H and O–H groups in total. The Balaban J connectivity index is 2.44. The van der Waals surface area contributed by atoms with Crippen LogP contribution in [0.25, 0.3) is 21.7 Å². The summed E-state index contributed by atoms with van der Waals surface area (Å²) in [6.45, 7) is 1.63. The molecule has 0 aliphatic rings. The number of benzene rings is 2. The second kappa shape index (κ2) is 5.31. The van der Waals surface area contributed by atoms with Crippen molar-refractivity contribution in [2.24, 2.45) is 0 Å². The van der Waals surface area contributed by atoms with Gasteiger partial charge in [-0.25, -0.2) is 13.8 Å². The largest absolute Gasteiger partial charge is 0.465 e. The molecule has 0 aliphatic heterocycles. The molecular formula is C19H14N2O4. The van der Waals surface area contributed by atoms with E-state index in [2.05, 4.69) is 0 Å². The normalized spacial score (nSPS) is 11.3. The minimum absolute atomic E-state index is 0.273. The Kier molecular flexibility index (Phi) is 3.21. The second-order valence-electron chi connectivity index (χ2n) is 5.75. The van der Waals surface area contributed by atoms with Gasteiger partial charge in [0.2, 0.25) is 0 Å². The summed E-state index contributed by atoms with van der Waals surface area (Å²) < 4.78 is 7.46. The molecule has 124 valence electrons. The molecule has 0 saturated heterocycles. The zero-order chi connectivity index (χ0) is 17.7. The lowest BCUT2D eigenvalue weighted by Crippen LogP contribution is -2.33. The quantitative estimate of drug-likeness (QED) is 0.304. The van der Waals surface area contributed by atoms with Gasteiger partial charge >= 0.3 is 5.97 Å². The van der Waals surface area contributed by atoms with Crippen molar-refractivity contribution in [3.05, 3.63) is 80.5 Å². The van der Waals surface area contributed by atoms with Crippen LogP contribution in [-0.2, 0) is 4.74 Å². The highest BCUT2D eigenvalue weighted by Crippen LogP contribution is 2.22. The number of esters is 1. The fourth-order valence-electron chi connectivity index (χ4n) is 3.32. The number of aryl methyl sites for hydroxylation is 1. The molecule has 0 radical (unpaired) electrons. The van der Waals surface area contributed by atoms with Gasteiger partial charge in [0.05, 0.1) is 34.7 Å². The predicted octanol–water partition coefficient (Wildman–Crippen LogP) is 2.16. The van der Waals surface area contributed by atoms with Crippen molar-refractivity contribution in [3.63, 3.8) is 0 Å². The predicted molar refractivity (Wildman–Crippen MR) is 94.5 cm³/mol. The topological polar surface area (TPSA) is 69.3 Å². The third kappa shape index (κ3) is 1.94. The molecule has 2 heterocycles. The highest BCUT2D eigenvalue weighted by Gasteiger charge is 2.21. The maximum atomic E-state index is 13.0. The zero-order valence-electron chi connectivity index (χ0n) is 13.6.